The standard InChI is InChI=1S/C13H19N3O.2ClH/c14-6-5-11-1-3-12(4-2-11)9-16-8-7-15-13(17)10-16;;/h1-4H,5-10,14H2,(H,15,17);2*1H. The lowest BCUT2D eigenvalue weighted by Crippen LogP contribution is -2.47. The van der Waals surface area contributed by atoms with E-state index in [-0.39, 0.29) is 30.7 Å². The number of halogens is 2. The number of hydrogen-bond acceptors (Lipinski definition) is 3. The number of carbonyl (C=O) groups is 1. The summed E-state index contributed by atoms with van der Waals surface area (Å²) in [6.07, 6.45) is 0.923. The van der Waals surface area contributed by atoms with Crippen LogP contribution in [0.5, 0.6) is 0 Å². The van der Waals surface area contributed by atoms with Crippen molar-refractivity contribution in [2.75, 3.05) is 26.2 Å². The second-order valence-electron chi connectivity index (χ2n) is 4.42. The Morgan fingerprint density at radius 1 is 1.16 bits per heavy atom. The highest BCUT2D eigenvalue weighted by Crippen LogP contribution is 2.08. The van der Waals surface area contributed by atoms with Gasteiger partial charge in [-0.25, -0.2) is 0 Å². The lowest BCUT2D eigenvalue weighted by Gasteiger charge is -2.26. The molecule has 3 N–H and O–H groups in total. The number of rotatable bonds is 4. The van der Waals surface area contributed by atoms with Crippen LogP contribution in [0.3, 0.4) is 0 Å². The van der Waals surface area contributed by atoms with Crippen LogP contribution in [0.1, 0.15) is 11.1 Å². The number of piperazine rings is 1. The van der Waals surface area contributed by atoms with Crippen LogP contribution in [0.2, 0.25) is 0 Å². The molecule has 0 saturated carbocycles. The highest BCUT2D eigenvalue weighted by molar-refractivity contribution is 5.85. The van der Waals surface area contributed by atoms with Gasteiger partial charge in [0.15, 0.2) is 0 Å². The van der Waals surface area contributed by atoms with Gasteiger partial charge in [-0.2, -0.15) is 0 Å². The van der Waals surface area contributed by atoms with Crippen molar-refractivity contribution in [2.45, 2.75) is 13.0 Å². The summed E-state index contributed by atoms with van der Waals surface area (Å²) in [5, 5.41) is 2.83. The molecule has 0 unspecified atom stereocenters. The molecule has 0 aliphatic carbocycles. The average Bonchev–Trinajstić information content (AvgIpc) is 2.32. The summed E-state index contributed by atoms with van der Waals surface area (Å²) in [7, 11) is 0. The number of nitrogens with one attached hydrogen (secondary N) is 1. The fourth-order valence-corrected chi connectivity index (χ4v) is 2.06. The summed E-state index contributed by atoms with van der Waals surface area (Å²) in [5.74, 6) is 0.121. The summed E-state index contributed by atoms with van der Waals surface area (Å²) in [6, 6.07) is 8.48. The Balaban J connectivity index is 0.00000162. The Labute approximate surface area is 126 Å². The summed E-state index contributed by atoms with van der Waals surface area (Å²) in [5.41, 5.74) is 8.03. The van der Waals surface area contributed by atoms with Gasteiger partial charge in [-0.05, 0) is 24.1 Å². The van der Waals surface area contributed by atoms with E-state index >= 15 is 0 Å². The van der Waals surface area contributed by atoms with Gasteiger partial charge in [-0.15, -0.1) is 24.8 Å². The Kier molecular flexibility index (Phi) is 8.76. The molecule has 1 aliphatic rings. The van der Waals surface area contributed by atoms with Gasteiger partial charge >= 0.3 is 0 Å². The monoisotopic (exact) mass is 305 g/mol. The number of carbonyl (C=O) groups excluding carboxylic acids is 1. The van der Waals surface area contributed by atoms with Crippen molar-refractivity contribution in [3.63, 3.8) is 0 Å². The zero-order valence-corrected chi connectivity index (χ0v) is 12.4. The topological polar surface area (TPSA) is 58.4 Å². The average molecular weight is 306 g/mol. The van der Waals surface area contributed by atoms with Gasteiger partial charge in [0, 0.05) is 19.6 Å². The molecule has 1 aromatic carbocycles. The molecule has 6 heteroatoms. The van der Waals surface area contributed by atoms with Crippen molar-refractivity contribution >= 4 is 30.7 Å². The molecule has 1 fully saturated rings. The van der Waals surface area contributed by atoms with Gasteiger partial charge in [0.1, 0.15) is 0 Å². The van der Waals surface area contributed by atoms with Crippen LogP contribution in [-0.4, -0.2) is 37.0 Å². The normalized spacial score (nSPS) is 15.1. The summed E-state index contributed by atoms with van der Waals surface area (Å²) in [6.45, 7) is 3.72. The second-order valence-corrected chi connectivity index (χ2v) is 4.42. The first-order chi connectivity index (χ1) is 8.28. The van der Waals surface area contributed by atoms with Crippen LogP contribution in [-0.2, 0) is 17.8 Å². The quantitative estimate of drug-likeness (QED) is 0.871. The summed E-state index contributed by atoms with van der Waals surface area (Å²) in [4.78, 5) is 13.4. The number of hydrogen-bond donors (Lipinski definition) is 2. The van der Waals surface area contributed by atoms with Gasteiger partial charge in [-0.3, -0.25) is 9.69 Å². The zero-order valence-electron chi connectivity index (χ0n) is 10.8. The van der Waals surface area contributed by atoms with Crippen LogP contribution >= 0.6 is 24.8 Å². The van der Waals surface area contributed by atoms with Gasteiger partial charge in [0.05, 0.1) is 6.54 Å². The maximum Gasteiger partial charge on any atom is 0.234 e. The predicted molar refractivity (Wildman–Crippen MR) is 82.0 cm³/mol. The molecule has 108 valence electrons. The maximum atomic E-state index is 11.2. The van der Waals surface area contributed by atoms with E-state index in [2.05, 4.69) is 34.5 Å². The van der Waals surface area contributed by atoms with Crippen LogP contribution in [0.4, 0.5) is 0 Å². The van der Waals surface area contributed by atoms with Crippen molar-refractivity contribution in [1.29, 1.82) is 0 Å². The molecule has 0 radical (unpaired) electrons. The van der Waals surface area contributed by atoms with E-state index in [4.69, 9.17) is 5.73 Å². The zero-order chi connectivity index (χ0) is 12.1. The van der Waals surface area contributed by atoms with E-state index in [0.29, 0.717) is 13.1 Å². The predicted octanol–water partition coefficient (Wildman–Crippen LogP) is 0.963. The smallest absolute Gasteiger partial charge is 0.234 e. The molecule has 19 heavy (non-hydrogen) atoms. The summed E-state index contributed by atoms with van der Waals surface area (Å²) < 4.78 is 0. The first kappa shape index (κ1) is 18.2. The first-order valence-electron chi connectivity index (χ1n) is 6.05. The minimum Gasteiger partial charge on any atom is -0.354 e. The van der Waals surface area contributed by atoms with E-state index in [1.807, 2.05) is 0 Å². The Hall–Kier alpha value is -0.810. The number of nitrogens with zero attached hydrogens (tertiary/aromatic N) is 1. The van der Waals surface area contributed by atoms with E-state index < -0.39 is 0 Å². The third-order valence-electron chi connectivity index (χ3n) is 2.98. The highest BCUT2D eigenvalue weighted by Gasteiger charge is 2.15. The molecule has 1 aromatic rings. The molecule has 1 aliphatic heterocycles. The first-order valence-corrected chi connectivity index (χ1v) is 6.05. The number of amides is 1. The minimum atomic E-state index is 0. The Bertz CT molecular complexity index is 384. The third kappa shape index (κ3) is 5.78. The molecule has 0 spiro atoms. The van der Waals surface area contributed by atoms with Gasteiger partial charge < -0.3 is 11.1 Å². The lowest BCUT2D eigenvalue weighted by atomic mass is 10.1. The van der Waals surface area contributed by atoms with E-state index in [1.165, 1.54) is 11.1 Å². The van der Waals surface area contributed by atoms with Crippen LogP contribution < -0.4 is 11.1 Å². The number of nitrogens with two attached hydrogens (primary N) is 1. The molecule has 4 nitrogen and oxygen atoms in total. The third-order valence-corrected chi connectivity index (χ3v) is 2.98. The molecule has 0 bridgehead atoms. The Morgan fingerprint density at radius 2 is 1.79 bits per heavy atom. The minimum absolute atomic E-state index is 0. The van der Waals surface area contributed by atoms with Crippen LogP contribution in [0.15, 0.2) is 24.3 Å². The molecular formula is C13H21Cl2N3O. The molecule has 1 heterocycles. The van der Waals surface area contributed by atoms with Crippen molar-refractivity contribution in [2.24, 2.45) is 5.73 Å². The molecular weight excluding hydrogens is 285 g/mol. The molecule has 0 aromatic heterocycles. The van der Waals surface area contributed by atoms with Crippen molar-refractivity contribution in [3.8, 4) is 0 Å². The highest BCUT2D eigenvalue weighted by atomic mass is 35.5. The van der Waals surface area contributed by atoms with E-state index in [9.17, 15) is 4.79 Å². The molecule has 1 saturated heterocycles. The van der Waals surface area contributed by atoms with Gasteiger partial charge in [0.2, 0.25) is 5.91 Å². The van der Waals surface area contributed by atoms with Crippen molar-refractivity contribution in [1.82, 2.24) is 10.2 Å². The molecule has 0 atom stereocenters. The van der Waals surface area contributed by atoms with E-state index in [0.717, 1.165) is 26.1 Å². The SMILES string of the molecule is Cl.Cl.NCCc1ccc(CN2CCNC(=O)C2)cc1. The van der Waals surface area contributed by atoms with Crippen molar-refractivity contribution in [3.05, 3.63) is 35.4 Å². The molecule has 1 amide bonds. The lowest BCUT2D eigenvalue weighted by molar-refractivity contribution is -0.124. The number of benzene rings is 1. The fourth-order valence-electron chi connectivity index (χ4n) is 2.06. The van der Waals surface area contributed by atoms with Gasteiger partial charge in [-0.1, -0.05) is 24.3 Å². The molecule has 2 rings (SSSR count). The van der Waals surface area contributed by atoms with Gasteiger partial charge in [0.25, 0.3) is 0 Å². The second kappa shape index (κ2) is 9.15. The largest absolute Gasteiger partial charge is 0.354 e. The summed E-state index contributed by atoms with van der Waals surface area (Å²) >= 11 is 0. The van der Waals surface area contributed by atoms with E-state index in [1.54, 1.807) is 0 Å². The van der Waals surface area contributed by atoms with Crippen molar-refractivity contribution < 1.29 is 4.79 Å². The van der Waals surface area contributed by atoms with Crippen LogP contribution in [0.25, 0.3) is 0 Å². The fraction of sp³-hybridized carbons (Fsp3) is 0.462. The Morgan fingerprint density at radius 3 is 2.37 bits per heavy atom. The van der Waals surface area contributed by atoms with Crippen LogP contribution in [0, 0.1) is 0 Å². The maximum absolute atomic E-state index is 11.2.